The van der Waals surface area contributed by atoms with Crippen LogP contribution in [0.2, 0.25) is 0 Å². The van der Waals surface area contributed by atoms with Crippen molar-refractivity contribution in [1.29, 1.82) is 0 Å². The van der Waals surface area contributed by atoms with E-state index in [0.29, 0.717) is 12.3 Å². The van der Waals surface area contributed by atoms with Gasteiger partial charge in [0, 0.05) is 30.6 Å². The molecule has 0 spiro atoms. The van der Waals surface area contributed by atoms with E-state index in [-0.39, 0.29) is 18.4 Å². The monoisotopic (exact) mass is 350 g/mol. The fraction of sp³-hybridized carbons (Fsp3) is 0.562. The van der Waals surface area contributed by atoms with Crippen LogP contribution in [-0.2, 0) is 17.8 Å². The summed E-state index contributed by atoms with van der Waals surface area (Å²) in [5.74, 6) is 0.558. The number of hydrogen-bond acceptors (Lipinski definition) is 7. The number of aromatic nitrogens is 2. The lowest BCUT2D eigenvalue weighted by Gasteiger charge is -2.35. The molecule has 7 nitrogen and oxygen atoms in total. The molecule has 0 aromatic carbocycles. The summed E-state index contributed by atoms with van der Waals surface area (Å²) in [4.78, 5) is 18.7. The smallest absolute Gasteiger partial charge is 0.224 e. The normalized spacial score (nSPS) is 21.8. The van der Waals surface area contributed by atoms with Gasteiger partial charge in [0.1, 0.15) is 5.76 Å². The van der Waals surface area contributed by atoms with Crippen molar-refractivity contribution >= 4 is 17.2 Å². The van der Waals surface area contributed by atoms with Gasteiger partial charge in [0.2, 0.25) is 5.91 Å². The van der Waals surface area contributed by atoms with Gasteiger partial charge in [-0.25, -0.2) is 4.98 Å². The molecule has 2 aromatic rings. The molecule has 0 radical (unpaired) electrons. The van der Waals surface area contributed by atoms with Crippen LogP contribution in [0.1, 0.15) is 29.1 Å². The van der Waals surface area contributed by atoms with E-state index in [2.05, 4.69) is 20.4 Å². The average Bonchev–Trinajstić information content (AvgIpc) is 3.15. The Labute approximate surface area is 144 Å². The van der Waals surface area contributed by atoms with Crippen molar-refractivity contribution in [2.75, 3.05) is 13.1 Å². The third-order valence-electron chi connectivity index (χ3n) is 4.40. The van der Waals surface area contributed by atoms with Crippen LogP contribution in [0.25, 0.3) is 0 Å². The van der Waals surface area contributed by atoms with Crippen LogP contribution in [0.3, 0.4) is 0 Å². The van der Waals surface area contributed by atoms with Crippen LogP contribution in [0.5, 0.6) is 0 Å². The number of carbonyl (C=O) groups excluding carboxylic acids is 1. The molecule has 1 aliphatic rings. The number of nitrogens with one attached hydrogen (secondary N) is 1. The summed E-state index contributed by atoms with van der Waals surface area (Å²) in [6.07, 6.45) is 0.372. The number of β-amino-alcohol motifs (C(OH)–C–C–N with tert-alkyl or cyclic N) is 1. The highest BCUT2D eigenvalue weighted by Gasteiger charge is 2.29. The Kier molecular flexibility index (Phi) is 5.27. The summed E-state index contributed by atoms with van der Waals surface area (Å²) >= 11 is 1.57. The number of rotatable bonds is 5. The van der Waals surface area contributed by atoms with Gasteiger partial charge in [-0.1, -0.05) is 5.16 Å². The third-order valence-corrected chi connectivity index (χ3v) is 5.04. The van der Waals surface area contributed by atoms with Crippen LogP contribution in [-0.4, -0.2) is 51.3 Å². The van der Waals surface area contributed by atoms with Gasteiger partial charge >= 0.3 is 0 Å². The standard InChI is InChI=1S/C16H22N4O3S/c1-10-13(11(2)23-19-10)5-16(22)18-14-3-4-20(7-15(14)21)6-12-8-24-9-17-12/h8-9,14-15,21H,3-7H2,1-2H3,(H,18,22)/t14-,15-/m1/s1. The predicted molar refractivity (Wildman–Crippen MR) is 89.6 cm³/mol. The molecule has 8 heteroatoms. The van der Waals surface area contributed by atoms with Gasteiger partial charge in [-0.15, -0.1) is 11.3 Å². The van der Waals surface area contributed by atoms with Gasteiger partial charge in [-0.05, 0) is 20.3 Å². The first kappa shape index (κ1) is 17.1. The van der Waals surface area contributed by atoms with Gasteiger partial charge in [0.15, 0.2) is 0 Å². The molecule has 1 fully saturated rings. The molecule has 3 rings (SSSR count). The summed E-state index contributed by atoms with van der Waals surface area (Å²) < 4.78 is 5.08. The highest BCUT2D eigenvalue weighted by atomic mass is 32.1. The Morgan fingerprint density at radius 3 is 3.00 bits per heavy atom. The van der Waals surface area contributed by atoms with E-state index >= 15 is 0 Å². The molecule has 0 bridgehead atoms. The molecule has 0 saturated carbocycles. The number of nitrogens with zero attached hydrogens (tertiary/aromatic N) is 3. The molecule has 1 saturated heterocycles. The summed E-state index contributed by atoms with van der Waals surface area (Å²) in [5.41, 5.74) is 4.39. The number of aliphatic hydroxyl groups excluding tert-OH is 1. The highest BCUT2D eigenvalue weighted by molar-refractivity contribution is 7.07. The molecule has 3 heterocycles. The number of aliphatic hydroxyl groups is 1. The Balaban J connectivity index is 1.50. The molecule has 130 valence electrons. The van der Waals surface area contributed by atoms with Crippen LogP contribution in [0.4, 0.5) is 0 Å². The average molecular weight is 350 g/mol. The van der Waals surface area contributed by atoms with Gasteiger partial charge in [0.25, 0.3) is 0 Å². The Morgan fingerprint density at radius 1 is 1.54 bits per heavy atom. The van der Waals surface area contributed by atoms with Gasteiger partial charge in [-0.3, -0.25) is 9.69 Å². The molecule has 0 unspecified atom stereocenters. The van der Waals surface area contributed by atoms with Crippen molar-refractivity contribution in [3.8, 4) is 0 Å². The second-order valence-corrected chi connectivity index (χ2v) is 6.94. The van der Waals surface area contributed by atoms with Gasteiger partial charge in [-0.2, -0.15) is 0 Å². The highest BCUT2D eigenvalue weighted by Crippen LogP contribution is 2.16. The zero-order valence-electron chi connectivity index (χ0n) is 13.9. The SMILES string of the molecule is Cc1noc(C)c1CC(=O)N[C@@H]1CCN(Cc2cscn2)C[C@H]1O. The number of aryl methyl sites for hydroxylation is 2. The van der Waals surface area contributed by atoms with Crippen LogP contribution >= 0.6 is 11.3 Å². The van der Waals surface area contributed by atoms with Crippen molar-refractivity contribution in [3.63, 3.8) is 0 Å². The number of hydrogen-bond donors (Lipinski definition) is 2. The summed E-state index contributed by atoms with van der Waals surface area (Å²) in [5, 5.41) is 19.2. The number of amides is 1. The lowest BCUT2D eigenvalue weighted by Crippen LogP contribution is -2.54. The quantitative estimate of drug-likeness (QED) is 0.837. The number of carbonyl (C=O) groups is 1. The maximum absolute atomic E-state index is 12.3. The largest absolute Gasteiger partial charge is 0.390 e. The van der Waals surface area contributed by atoms with E-state index in [4.69, 9.17) is 4.52 Å². The zero-order valence-corrected chi connectivity index (χ0v) is 14.7. The summed E-state index contributed by atoms with van der Waals surface area (Å²) in [6, 6.07) is -0.218. The van der Waals surface area contributed by atoms with E-state index in [1.165, 1.54) is 0 Å². The third kappa shape index (κ3) is 4.00. The van der Waals surface area contributed by atoms with E-state index < -0.39 is 6.10 Å². The second kappa shape index (κ2) is 7.42. The van der Waals surface area contributed by atoms with E-state index in [9.17, 15) is 9.90 Å². The van der Waals surface area contributed by atoms with Crippen molar-refractivity contribution in [2.24, 2.45) is 0 Å². The minimum atomic E-state index is -0.578. The van der Waals surface area contributed by atoms with Crippen LogP contribution in [0, 0.1) is 13.8 Å². The Morgan fingerprint density at radius 2 is 2.38 bits per heavy atom. The minimum Gasteiger partial charge on any atom is -0.390 e. The second-order valence-electron chi connectivity index (χ2n) is 6.22. The van der Waals surface area contributed by atoms with E-state index in [1.54, 1.807) is 18.3 Å². The maximum atomic E-state index is 12.3. The van der Waals surface area contributed by atoms with E-state index in [1.807, 2.05) is 17.8 Å². The lowest BCUT2D eigenvalue weighted by atomic mass is 10.0. The lowest BCUT2D eigenvalue weighted by molar-refractivity contribution is -0.122. The summed E-state index contributed by atoms with van der Waals surface area (Å²) in [7, 11) is 0. The van der Waals surface area contributed by atoms with Crippen molar-refractivity contribution in [3.05, 3.63) is 33.6 Å². The molecule has 24 heavy (non-hydrogen) atoms. The summed E-state index contributed by atoms with van der Waals surface area (Å²) in [6.45, 7) is 5.72. The molecule has 2 aromatic heterocycles. The topological polar surface area (TPSA) is 91.5 Å². The molecule has 1 amide bonds. The molecular weight excluding hydrogens is 328 g/mol. The molecule has 0 aliphatic carbocycles. The van der Waals surface area contributed by atoms with Gasteiger partial charge in [0.05, 0.1) is 35.5 Å². The first-order valence-corrected chi connectivity index (χ1v) is 8.96. The van der Waals surface area contributed by atoms with Crippen LogP contribution in [0.15, 0.2) is 15.4 Å². The fourth-order valence-electron chi connectivity index (χ4n) is 3.03. The van der Waals surface area contributed by atoms with Crippen molar-refractivity contribution < 1.29 is 14.4 Å². The number of thiazole rings is 1. The maximum Gasteiger partial charge on any atom is 0.224 e. The Hall–Kier alpha value is -1.77. The van der Waals surface area contributed by atoms with Crippen molar-refractivity contribution in [2.45, 2.75) is 45.4 Å². The first-order chi connectivity index (χ1) is 11.5. The predicted octanol–water partition coefficient (Wildman–Crippen LogP) is 1.04. The number of likely N-dealkylation sites (tertiary alicyclic amines) is 1. The molecule has 1 aliphatic heterocycles. The first-order valence-electron chi connectivity index (χ1n) is 8.01. The minimum absolute atomic E-state index is 0.110. The molecular formula is C16H22N4O3S. The number of piperidine rings is 1. The van der Waals surface area contributed by atoms with Crippen molar-refractivity contribution in [1.82, 2.24) is 20.4 Å². The molecule has 2 atom stereocenters. The van der Waals surface area contributed by atoms with Gasteiger partial charge < -0.3 is 14.9 Å². The van der Waals surface area contributed by atoms with E-state index in [0.717, 1.165) is 36.5 Å². The fourth-order valence-corrected chi connectivity index (χ4v) is 3.58. The Bertz CT molecular complexity index is 666. The van der Waals surface area contributed by atoms with Crippen LogP contribution < -0.4 is 5.32 Å². The zero-order chi connectivity index (χ0) is 17.1. The molecule has 2 N–H and O–H groups in total.